The molecule has 6 heteroatoms. The van der Waals surface area contributed by atoms with Crippen LogP contribution in [-0.2, 0) is 4.79 Å². The summed E-state index contributed by atoms with van der Waals surface area (Å²) in [4.78, 5) is 24.7. The summed E-state index contributed by atoms with van der Waals surface area (Å²) in [5.41, 5.74) is 0.347. The molecule has 0 heterocycles. The average Bonchev–Trinajstić information content (AvgIpc) is 2.52. The Labute approximate surface area is 152 Å². The molecule has 1 aliphatic rings. The molecule has 0 aromatic heterocycles. The first kappa shape index (κ1) is 18.6. The number of Topliss-reactive ketones (excluding diaryl/α,β-unsaturated/α-hetero) is 1. The van der Waals surface area contributed by atoms with Gasteiger partial charge >= 0.3 is 0 Å². The second kappa shape index (κ2) is 8.95. The minimum Gasteiger partial charge on any atom is -0.341 e. The fraction of sp³-hybridized carbons (Fsp3) is 0.529. The van der Waals surface area contributed by atoms with Gasteiger partial charge in [-0.05, 0) is 24.1 Å². The lowest BCUT2D eigenvalue weighted by molar-refractivity contribution is -0.121. The highest BCUT2D eigenvalue weighted by Gasteiger charge is 2.24. The predicted octanol–water partition coefficient (Wildman–Crippen LogP) is 4.56. The van der Waals surface area contributed by atoms with Crippen molar-refractivity contribution in [2.75, 3.05) is 5.75 Å². The van der Waals surface area contributed by atoms with Crippen molar-refractivity contribution in [2.45, 2.75) is 44.6 Å². The fourth-order valence-corrected chi connectivity index (χ4v) is 3.79. The van der Waals surface area contributed by atoms with E-state index in [9.17, 15) is 9.59 Å². The molecule has 1 aromatic carbocycles. The molecule has 1 atom stereocenters. The van der Waals surface area contributed by atoms with Crippen LogP contribution < -0.4 is 5.32 Å². The molecule has 1 aliphatic carbocycles. The second-order valence-corrected chi connectivity index (χ2v) is 7.28. The Hall–Kier alpha value is -0.710. The third-order valence-corrected chi connectivity index (χ3v) is 5.02. The zero-order valence-corrected chi connectivity index (χ0v) is 15.3. The summed E-state index contributed by atoms with van der Waals surface area (Å²) in [5, 5.41) is 3.52. The molecule has 0 radical (unpaired) electrons. The third-order valence-electron chi connectivity index (χ3n) is 4.22. The van der Waals surface area contributed by atoms with Crippen molar-refractivity contribution in [3.8, 4) is 0 Å². The summed E-state index contributed by atoms with van der Waals surface area (Å²) < 4.78 is 0. The van der Waals surface area contributed by atoms with Crippen LogP contribution >= 0.6 is 35.8 Å². The van der Waals surface area contributed by atoms with Crippen molar-refractivity contribution < 1.29 is 9.59 Å². The van der Waals surface area contributed by atoms with E-state index in [1.165, 1.54) is 31.4 Å². The van der Waals surface area contributed by atoms with Crippen LogP contribution in [0.15, 0.2) is 18.2 Å². The number of hydrogen-bond acceptors (Lipinski definition) is 3. The average molecular weight is 374 g/mol. The highest BCUT2D eigenvalue weighted by atomic mass is 35.5. The maximum Gasteiger partial charge on any atom is 0.251 e. The Morgan fingerprint density at radius 1 is 1.13 bits per heavy atom. The van der Waals surface area contributed by atoms with Gasteiger partial charge in [0.05, 0.1) is 6.04 Å². The lowest BCUT2D eigenvalue weighted by Crippen LogP contribution is -2.43. The molecule has 2 rings (SSSR count). The number of amides is 1. The largest absolute Gasteiger partial charge is 0.341 e. The van der Waals surface area contributed by atoms with Crippen molar-refractivity contribution in [3.05, 3.63) is 33.8 Å². The lowest BCUT2D eigenvalue weighted by Gasteiger charge is -2.23. The van der Waals surface area contributed by atoms with Crippen LogP contribution in [0.1, 0.15) is 48.9 Å². The molecule has 0 saturated heterocycles. The highest BCUT2D eigenvalue weighted by Crippen LogP contribution is 2.27. The van der Waals surface area contributed by atoms with Gasteiger partial charge in [-0.15, -0.1) is 0 Å². The molecule has 0 unspecified atom stereocenters. The van der Waals surface area contributed by atoms with E-state index in [1.807, 2.05) is 0 Å². The summed E-state index contributed by atoms with van der Waals surface area (Å²) in [6.45, 7) is 0. The van der Waals surface area contributed by atoms with Gasteiger partial charge in [0, 0.05) is 27.8 Å². The summed E-state index contributed by atoms with van der Waals surface area (Å²) in [7, 11) is 0. The smallest absolute Gasteiger partial charge is 0.251 e. The topological polar surface area (TPSA) is 46.2 Å². The maximum absolute atomic E-state index is 12.4. The molecule has 0 bridgehead atoms. The van der Waals surface area contributed by atoms with Gasteiger partial charge in [-0.1, -0.05) is 55.3 Å². The fourth-order valence-electron chi connectivity index (χ4n) is 2.97. The van der Waals surface area contributed by atoms with E-state index in [0.29, 0.717) is 27.9 Å². The number of rotatable bonds is 6. The summed E-state index contributed by atoms with van der Waals surface area (Å²) >= 11 is 16.0. The first-order valence-electron chi connectivity index (χ1n) is 7.90. The normalized spacial score (nSPS) is 16.8. The van der Waals surface area contributed by atoms with Crippen LogP contribution in [0.4, 0.5) is 0 Å². The third kappa shape index (κ3) is 5.70. The zero-order chi connectivity index (χ0) is 16.8. The maximum atomic E-state index is 12.4. The Balaban J connectivity index is 1.97. The van der Waals surface area contributed by atoms with Crippen molar-refractivity contribution in [3.63, 3.8) is 0 Å². The van der Waals surface area contributed by atoms with E-state index in [1.54, 1.807) is 6.07 Å². The summed E-state index contributed by atoms with van der Waals surface area (Å²) in [5.74, 6) is 0.418. The van der Waals surface area contributed by atoms with E-state index in [-0.39, 0.29) is 17.4 Å². The van der Waals surface area contributed by atoms with Crippen LogP contribution in [0, 0.1) is 5.92 Å². The van der Waals surface area contributed by atoms with Crippen LogP contribution in [0.5, 0.6) is 0 Å². The minimum atomic E-state index is -0.578. The van der Waals surface area contributed by atoms with Crippen LogP contribution in [-0.4, -0.2) is 23.5 Å². The Morgan fingerprint density at radius 2 is 1.74 bits per heavy atom. The number of halogens is 2. The number of hydrogen-bond donors (Lipinski definition) is 2. The molecule has 0 aliphatic heterocycles. The number of ketones is 1. The predicted molar refractivity (Wildman–Crippen MR) is 97.8 cm³/mol. The monoisotopic (exact) mass is 373 g/mol. The second-order valence-electron chi connectivity index (χ2n) is 6.04. The van der Waals surface area contributed by atoms with Gasteiger partial charge in [0.25, 0.3) is 5.91 Å². The molecule has 3 nitrogen and oxygen atoms in total. The summed E-state index contributed by atoms with van der Waals surface area (Å²) in [6.07, 6.45) is 6.36. The van der Waals surface area contributed by atoms with Crippen LogP contribution in [0.3, 0.4) is 0 Å². The van der Waals surface area contributed by atoms with Gasteiger partial charge in [0.2, 0.25) is 0 Å². The van der Waals surface area contributed by atoms with Gasteiger partial charge < -0.3 is 5.32 Å². The standard InChI is InChI=1S/C17H21Cl2NO2S/c18-13-7-12(8-14(19)9-13)17(22)20-15(10-23)16(21)6-11-4-2-1-3-5-11/h7-9,11,15,23H,1-6,10H2,(H,20,22)/t15-/m1/s1. The minimum absolute atomic E-state index is 0.0494. The summed E-state index contributed by atoms with van der Waals surface area (Å²) in [6, 6.07) is 4.04. The molecular weight excluding hydrogens is 353 g/mol. The van der Waals surface area contributed by atoms with Crippen molar-refractivity contribution in [1.82, 2.24) is 5.32 Å². The molecule has 1 amide bonds. The first-order valence-corrected chi connectivity index (χ1v) is 9.29. The molecule has 1 aromatic rings. The van der Waals surface area contributed by atoms with E-state index in [0.717, 1.165) is 12.8 Å². The van der Waals surface area contributed by atoms with Gasteiger partial charge in [-0.3, -0.25) is 9.59 Å². The van der Waals surface area contributed by atoms with Crippen molar-refractivity contribution in [1.29, 1.82) is 0 Å². The SMILES string of the molecule is O=C(N[C@H](CS)C(=O)CC1CCCCC1)c1cc(Cl)cc(Cl)c1. The van der Waals surface area contributed by atoms with E-state index in [2.05, 4.69) is 17.9 Å². The quantitative estimate of drug-likeness (QED) is 0.717. The van der Waals surface area contributed by atoms with Gasteiger partial charge in [-0.25, -0.2) is 0 Å². The Kier molecular flexibility index (Phi) is 7.25. The highest BCUT2D eigenvalue weighted by molar-refractivity contribution is 7.80. The zero-order valence-electron chi connectivity index (χ0n) is 12.9. The molecule has 126 valence electrons. The van der Waals surface area contributed by atoms with Gasteiger partial charge in [0.1, 0.15) is 0 Å². The van der Waals surface area contributed by atoms with Crippen molar-refractivity contribution in [2.24, 2.45) is 5.92 Å². The van der Waals surface area contributed by atoms with E-state index >= 15 is 0 Å². The number of carbonyl (C=O) groups excluding carboxylic acids is 2. The molecular formula is C17H21Cl2NO2S. The van der Waals surface area contributed by atoms with Gasteiger partial charge in [-0.2, -0.15) is 12.6 Å². The molecule has 0 spiro atoms. The first-order chi connectivity index (χ1) is 11.0. The van der Waals surface area contributed by atoms with E-state index in [4.69, 9.17) is 23.2 Å². The Bertz CT molecular complexity index is 553. The van der Waals surface area contributed by atoms with Gasteiger partial charge in [0.15, 0.2) is 5.78 Å². The number of nitrogens with one attached hydrogen (secondary N) is 1. The molecule has 23 heavy (non-hydrogen) atoms. The molecule has 1 saturated carbocycles. The number of benzene rings is 1. The molecule has 1 N–H and O–H groups in total. The lowest BCUT2D eigenvalue weighted by atomic mass is 9.85. The Morgan fingerprint density at radius 3 is 2.30 bits per heavy atom. The number of thiol groups is 1. The molecule has 1 fully saturated rings. The van der Waals surface area contributed by atoms with Crippen LogP contribution in [0.25, 0.3) is 0 Å². The van der Waals surface area contributed by atoms with Crippen molar-refractivity contribution >= 4 is 47.5 Å². The number of carbonyl (C=O) groups is 2. The van der Waals surface area contributed by atoms with E-state index < -0.39 is 6.04 Å². The van der Waals surface area contributed by atoms with Crippen LogP contribution in [0.2, 0.25) is 10.0 Å².